The second-order valence-corrected chi connectivity index (χ2v) is 13.6. The molecule has 6 atom stereocenters. The van der Waals surface area contributed by atoms with E-state index in [1.807, 2.05) is 66.7 Å². The number of nitrogens with zero attached hydrogens (tertiary/aromatic N) is 1. The summed E-state index contributed by atoms with van der Waals surface area (Å²) in [5.74, 6) is -4.74. The Morgan fingerprint density at radius 1 is 0.816 bits per heavy atom. The minimum Gasteiger partial charge on any atom is -0.504 e. The molecule has 1 aliphatic heterocycles. The zero-order valence-corrected chi connectivity index (χ0v) is 27.3. The maximum Gasteiger partial charge on any atom is 0.238 e. The largest absolute Gasteiger partial charge is 0.504 e. The number of Topliss-reactive ketones (excluding diaryl/α,β-unsaturated/α-hetero) is 1. The first-order chi connectivity index (χ1) is 23.8. The second-order valence-electron chi connectivity index (χ2n) is 13.2. The van der Waals surface area contributed by atoms with E-state index in [-0.39, 0.29) is 47.7 Å². The maximum atomic E-state index is 15.1. The van der Waals surface area contributed by atoms with E-state index in [4.69, 9.17) is 16.3 Å². The molecule has 4 aliphatic rings. The van der Waals surface area contributed by atoms with E-state index in [2.05, 4.69) is 0 Å². The minimum absolute atomic E-state index is 0.137. The minimum atomic E-state index is -1.45. The third-order valence-corrected chi connectivity index (χ3v) is 11.3. The number of ether oxygens (including phenoxy) is 1. The Morgan fingerprint density at radius 3 is 2.20 bits per heavy atom. The molecule has 1 saturated heterocycles. The molecule has 1 saturated carbocycles. The number of allylic oxidation sites excluding steroid dienone is 4. The molecular weight excluding hydrogens is 638 g/mol. The van der Waals surface area contributed by atoms with Gasteiger partial charge in [0, 0.05) is 28.0 Å². The molecule has 244 valence electrons. The lowest BCUT2D eigenvalue weighted by molar-refractivity contribution is -0.135. The number of phenolic OH excluding ortho intramolecular Hbond substituents is 1. The molecule has 49 heavy (non-hydrogen) atoms. The lowest BCUT2D eigenvalue weighted by Gasteiger charge is -2.55. The van der Waals surface area contributed by atoms with Crippen LogP contribution < -0.4 is 9.64 Å². The molecule has 4 aromatic rings. The number of benzene rings is 4. The SMILES string of the molecule is COc1cccc(C2C3=CCC4C(=O)N(c5ccc(Cl)cc5)C(=O)C4C3CC3C(=O)C(c4ccccc4)=CC(=O)C32c2ccccc2)c1O. The van der Waals surface area contributed by atoms with Crippen LogP contribution in [0.15, 0.2) is 121 Å². The number of para-hydroxylation sites is 1. The van der Waals surface area contributed by atoms with Crippen molar-refractivity contribution in [3.05, 3.63) is 143 Å². The van der Waals surface area contributed by atoms with Crippen LogP contribution in [-0.4, -0.2) is 35.6 Å². The molecule has 1 N–H and O–H groups in total. The highest BCUT2D eigenvalue weighted by Crippen LogP contribution is 2.65. The highest BCUT2D eigenvalue weighted by atomic mass is 35.5. The molecule has 8 heteroatoms. The highest BCUT2D eigenvalue weighted by molar-refractivity contribution is 6.32. The smallest absolute Gasteiger partial charge is 0.238 e. The molecule has 8 rings (SSSR count). The van der Waals surface area contributed by atoms with Gasteiger partial charge in [-0.1, -0.05) is 96.0 Å². The summed E-state index contributed by atoms with van der Waals surface area (Å²) in [6, 6.07) is 30.2. The van der Waals surface area contributed by atoms with Gasteiger partial charge in [0.15, 0.2) is 23.1 Å². The number of amides is 2. The van der Waals surface area contributed by atoms with Crippen molar-refractivity contribution in [1.82, 2.24) is 0 Å². The summed E-state index contributed by atoms with van der Waals surface area (Å²) in [6.07, 6.45) is 3.88. The molecule has 0 bridgehead atoms. The van der Waals surface area contributed by atoms with Gasteiger partial charge < -0.3 is 9.84 Å². The van der Waals surface area contributed by atoms with Gasteiger partial charge in [0.2, 0.25) is 11.8 Å². The van der Waals surface area contributed by atoms with Crippen LogP contribution in [0.1, 0.15) is 35.4 Å². The first-order valence-electron chi connectivity index (χ1n) is 16.4. The van der Waals surface area contributed by atoms with Crippen molar-refractivity contribution in [3.63, 3.8) is 0 Å². The number of fused-ring (bicyclic) bond motifs is 4. The number of carbonyl (C=O) groups is 4. The monoisotopic (exact) mass is 669 g/mol. The van der Waals surface area contributed by atoms with E-state index >= 15 is 4.79 Å². The molecule has 3 aliphatic carbocycles. The van der Waals surface area contributed by atoms with Gasteiger partial charge in [-0.15, -0.1) is 0 Å². The molecule has 2 fully saturated rings. The number of phenols is 1. The number of ketones is 2. The van der Waals surface area contributed by atoms with Crippen molar-refractivity contribution < 1.29 is 29.0 Å². The van der Waals surface area contributed by atoms with Crippen LogP contribution in [0.3, 0.4) is 0 Å². The van der Waals surface area contributed by atoms with Crippen molar-refractivity contribution in [2.45, 2.75) is 24.2 Å². The van der Waals surface area contributed by atoms with Crippen LogP contribution >= 0.6 is 11.6 Å². The summed E-state index contributed by atoms with van der Waals surface area (Å²) in [6.45, 7) is 0. The Hall–Kier alpha value is -5.27. The van der Waals surface area contributed by atoms with Gasteiger partial charge in [0.1, 0.15) is 0 Å². The fourth-order valence-electron chi connectivity index (χ4n) is 9.00. The fraction of sp³-hybridized carbons (Fsp3) is 0.220. The Kier molecular flexibility index (Phi) is 7.41. The number of hydrogen-bond donors (Lipinski definition) is 1. The second kappa shape index (κ2) is 11.7. The Bertz CT molecular complexity index is 2090. The van der Waals surface area contributed by atoms with Gasteiger partial charge in [-0.3, -0.25) is 24.1 Å². The third-order valence-electron chi connectivity index (χ3n) is 11.0. The predicted molar refractivity (Wildman–Crippen MR) is 185 cm³/mol. The van der Waals surface area contributed by atoms with Crippen LogP contribution in [0.4, 0.5) is 5.69 Å². The first-order valence-corrected chi connectivity index (χ1v) is 16.8. The van der Waals surface area contributed by atoms with Crippen molar-refractivity contribution in [3.8, 4) is 11.5 Å². The number of halogens is 1. The quantitative estimate of drug-likeness (QED) is 0.180. The van der Waals surface area contributed by atoms with E-state index in [1.165, 1.54) is 18.1 Å². The van der Waals surface area contributed by atoms with Gasteiger partial charge in [-0.2, -0.15) is 0 Å². The Balaban J connectivity index is 1.37. The van der Waals surface area contributed by atoms with Crippen LogP contribution in [0.2, 0.25) is 5.02 Å². The van der Waals surface area contributed by atoms with E-state index in [9.17, 15) is 19.5 Å². The lowest BCUT2D eigenvalue weighted by atomic mass is 9.44. The molecule has 2 amide bonds. The van der Waals surface area contributed by atoms with E-state index in [0.29, 0.717) is 33.0 Å². The molecule has 0 radical (unpaired) electrons. The summed E-state index contributed by atoms with van der Waals surface area (Å²) in [5.41, 5.74) is 1.77. The highest BCUT2D eigenvalue weighted by Gasteiger charge is 2.66. The Labute approximate surface area is 288 Å². The number of imide groups is 1. The van der Waals surface area contributed by atoms with Crippen LogP contribution in [0.5, 0.6) is 11.5 Å². The topological polar surface area (TPSA) is 101 Å². The fourth-order valence-corrected chi connectivity index (χ4v) is 9.13. The normalized spacial score (nSPS) is 27.6. The molecule has 7 nitrogen and oxygen atoms in total. The number of carbonyl (C=O) groups excluding carboxylic acids is 4. The summed E-state index contributed by atoms with van der Waals surface area (Å²) < 4.78 is 5.53. The van der Waals surface area contributed by atoms with Gasteiger partial charge in [-0.25, -0.2) is 0 Å². The first kappa shape index (κ1) is 31.0. The zero-order valence-electron chi connectivity index (χ0n) is 26.6. The van der Waals surface area contributed by atoms with Crippen molar-refractivity contribution in [1.29, 1.82) is 0 Å². The standard InChI is InChI=1S/C41H32ClNO6/c1-49-33-14-8-13-29(38(33)46)36-27-19-20-28-35(40(48)43(39(28)47)26-17-15-25(42)16-18-26)31(27)21-32-37(45)30(23-9-4-2-5-10-23)22-34(44)41(32,36)24-11-6-3-7-12-24/h2-19,22,28,31-32,35-36,46H,20-21H2,1H3. The Morgan fingerprint density at radius 2 is 1.51 bits per heavy atom. The summed E-state index contributed by atoms with van der Waals surface area (Å²) in [5, 5.41) is 12.2. The number of methoxy groups -OCH3 is 1. The van der Waals surface area contributed by atoms with E-state index < -0.39 is 35.0 Å². The van der Waals surface area contributed by atoms with Gasteiger partial charge in [0.05, 0.1) is 30.0 Å². The van der Waals surface area contributed by atoms with Crippen molar-refractivity contribution in [2.24, 2.45) is 23.7 Å². The molecule has 4 aromatic carbocycles. The van der Waals surface area contributed by atoms with E-state index in [1.54, 1.807) is 42.5 Å². The van der Waals surface area contributed by atoms with Crippen LogP contribution in [-0.2, 0) is 24.6 Å². The third kappa shape index (κ3) is 4.48. The lowest BCUT2D eigenvalue weighted by Crippen LogP contribution is -2.58. The molecule has 6 unspecified atom stereocenters. The zero-order chi connectivity index (χ0) is 34.0. The average molecular weight is 670 g/mol. The van der Waals surface area contributed by atoms with E-state index in [0.717, 1.165) is 5.57 Å². The average Bonchev–Trinajstić information content (AvgIpc) is 3.39. The maximum absolute atomic E-state index is 15.1. The summed E-state index contributed by atoms with van der Waals surface area (Å²) >= 11 is 6.13. The number of anilines is 1. The molecule has 1 heterocycles. The number of aromatic hydroxyl groups is 1. The van der Waals surface area contributed by atoms with Crippen molar-refractivity contribution >= 4 is 46.2 Å². The van der Waals surface area contributed by atoms with Gasteiger partial charge in [-0.05, 0) is 66.3 Å². The summed E-state index contributed by atoms with van der Waals surface area (Å²) in [7, 11) is 1.46. The van der Waals surface area contributed by atoms with Gasteiger partial charge >= 0.3 is 0 Å². The van der Waals surface area contributed by atoms with Crippen LogP contribution in [0.25, 0.3) is 5.57 Å². The molecule has 0 aromatic heterocycles. The molecular formula is C41H32ClNO6. The number of hydrogen-bond acceptors (Lipinski definition) is 6. The van der Waals surface area contributed by atoms with Crippen LogP contribution in [0, 0.1) is 23.7 Å². The van der Waals surface area contributed by atoms with Crippen molar-refractivity contribution in [2.75, 3.05) is 12.0 Å². The number of rotatable bonds is 5. The predicted octanol–water partition coefficient (Wildman–Crippen LogP) is 7.08. The van der Waals surface area contributed by atoms with Gasteiger partial charge in [0.25, 0.3) is 0 Å². The summed E-state index contributed by atoms with van der Waals surface area (Å²) in [4.78, 5) is 59.8. The molecule has 0 spiro atoms.